The molecule has 5 nitrogen and oxygen atoms in total. The van der Waals surface area contributed by atoms with E-state index in [4.69, 9.17) is 0 Å². The summed E-state index contributed by atoms with van der Waals surface area (Å²) in [5.41, 5.74) is 2.10. The van der Waals surface area contributed by atoms with E-state index in [-0.39, 0.29) is 12.3 Å². The summed E-state index contributed by atoms with van der Waals surface area (Å²) in [5.74, 6) is 0. The van der Waals surface area contributed by atoms with Crippen LogP contribution in [0.1, 0.15) is 12.5 Å². The van der Waals surface area contributed by atoms with Gasteiger partial charge in [-0.3, -0.25) is 10.1 Å². The molecule has 0 bridgehead atoms. The smallest absolute Gasteiger partial charge is 0.275 e. The highest BCUT2D eigenvalue weighted by Crippen LogP contribution is 2.29. The summed E-state index contributed by atoms with van der Waals surface area (Å²) in [6.45, 7) is 2.39. The molecule has 0 atom stereocenters. The van der Waals surface area contributed by atoms with Crippen LogP contribution in [-0.4, -0.2) is 16.6 Å². The molecule has 0 saturated carbocycles. The lowest BCUT2D eigenvalue weighted by molar-refractivity contribution is -0.385. The van der Waals surface area contributed by atoms with Crippen molar-refractivity contribution >= 4 is 17.1 Å². The third-order valence-corrected chi connectivity index (χ3v) is 3.13. The molecule has 0 aliphatic carbocycles. The topological polar surface area (TPSA) is 66.6 Å². The van der Waals surface area contributed by atoms with Gasteiger partial charge in [0.25, 0.3) is 5.69 Å². The van der Waals surface area contributed by atoms with E-state index in [9.17, 15) is 15.2 Å². The van der Waals surface area contributed by atoms with Gasteiger partial charge in [-0.05, 0) is 31.2 Å². The van der Waals surface area contributed by atoms with E-state index in [1.807, 2.05) is 42.2 Å². The second kappa shape index (κ2) is 6.16. The van der Waals surface area contributed by atoms with Gasteiger partial charge < -0.3 is 10.0 Å². The molecular weight excluding hydrogens is 256 g/mol. The highest BCUT2D eigenvalue weighted by Gasteiger charge is 2.16. The minimum Gasteiger partial charge on any atom is -0.391 e. The number of aliphatic hydroxyl groups is 1. The number of hydrogen-bond acceptors (Lipinski definition) is 4. The number of nitrogens with zero attached hydrogens (tertiary/aromatic N) is 2. The van der Waals surface area contributed by atoms with Crippen LogP contribution >= 0.6 is 0 Å². The summed E-state index contributed by atoms with van der Waals surface area (Å²) < 4.78 is 0. The van der Waals surface area contributed by atoms with Gasteiger partial charge in [0.15, 0.2) is 0 Å². The van der Waals surface area contributed by atoms with E-state index >= 15 is 0 Å². The van der Waals surface area contributed by atoms with E-state index in [1.165, 1.54) is 6.07 Å². The fourth-order valence-corrected chi connectivity index (χ4v) is 2.17. The standard InChI is InChI=1S/C15H16N2O3/c1-2-16(13-6-4-3-5-7-13)14-8-9-15(17(19)20)12(10-14)11-18/h3-10,18H,2,11H2,1H3. The quantitative estimate of drug-likeness (QED) is 0.670. The lowest BCUT2D eigenvalue weighted by atomic mass is 10.1. The Hall–Kier alpha value is -2.40. The van der Waals surface area contributed by atoms with E-state index in [0.717, 1.165) is 17.9 Å². The maximum atomic E-state index is 10.9. The van der Waals surface area contributed by atoms with Gasteiger partial charge in [0.2, 0.25) is 0 Å². The second-order valence-corrected chi connectivity index (χ2v) is 4.31. The summed E-state index contributed by atoms with van der Waals surface area (Å²) in [5, 5.41) is 20.2. The van der Waals surface area contributed by atoms with Gasteiger partial charge in [0.1, 0.15) is 0 Å². The van der Waals surface area contributed by atoms with Crippen molar-refractivity contribution in [3.05, 3.63) is 64.2 Å². The zero-order valence-electron chi connectivity index (χ0n) is 11.2. The van der Waals surface area contributed by atoms with Crippen LogP contribution in [0.2, 0.25) is 0 Å². The van der Waals surface area contributed by atoms with E-state index < -0.39 is 4.92 Å². The van der Waals surface area contributed by atoms with Gasteiger partial charge in [-0.25, -0.2) is 0 Å². The Bertz CT molecular complexity index is 599. The number of rotatable bonds is 5. The fourth-order valence-electron chi connectivity index (χ4n) is 2.17. The minimum atomic E-state index is -0.478. The Labute approximate surface area is 117 Å². The zero-order chi connectivity index (χ0) is 14.5. The van der Waals surface area contributed by atoms with Gasteiger partial charge in [-0.2, -0.15) is 0 Å². The van der Waals surface area contributed by atoms with Gasteiger partial charge in [-0.15, -0.1) is 0 Å². The Morgan fingerprint density at radius 1 is 1.15 bits per heavy atom. The van der Waals surface area contributed by atoms with Crippen LogP contribution in [0.15, 0.2) is 48.5 Å². The summed E-state index contributed by atoms with van der Waals surface area (Å²) in [4.78, 5) is 12.4. The maximum Gasteiger partial charge on any atom is 0.275 e. The summed E-state index contributed by atoms with van der Waals surface area (Å²) in [6, 6.07) is 14.6. The van der Waals surface area contributed by atoms with Gasteiger partial charge in [0.05, 0.1) is 17.1 Å². The third kappa shape index (κ3) is 2.78. The lowest BCUT2D eigenvalue weighted by Gasteiger charge is -2.23. The number of anilines is 2. The Morgan fingerprint density at radius 2 is 1.85 bits per heavy atom. The SMILES string of the molecule is CCN(c1ccccc1)c1ccc([N+](=O)[O-])c(CO)c1. The van der Waals surface area contributed by atoms with Gasteiger partial charge in [0, 0.05) is 24.0 Å². The number of nitro groups is 1. The zero-order valence-corrected chi connectivity index (χ0v) is 11.2. The largest absolute Gasteiger partial charge is 0.391 e. The highest BCUT2D eigenvalue weighted by atomic mass is 16.6. The molecule has 0 aliphatic heterocycles. The molecule has 0 heterocycles. The first-order valence-corrected chi connectivity index (χ1v) is 6.38. The fraction of sp³-hybridized carbons (Fsp3) is 0.200. The van der Waals surface area contributed by atoms with E-state index in [1.54, 1.807) is 12.1 Å². The molecule has 5 heteroatoms. The predicted octanol–water partition coefficient (Wildman–Crippen LogP) is 3.25. The van der Waals surface area contributed by atoms with Crippen molar-refractivity contribution in [2.45, 2.75) is 13.5 Å². The first-order valence-electron chi connectivity index (χ1n) is 6.38. The number of para-hydroxylation sites is 1. The van der Waals surface area contributed by atoms with E-state index in [2.05, 4.69) is 0 Å². The predicted molar refractivity (Wildman–Crippen MR) is 78.1 cm³/mol. The van der Waals surface area contributed by atoms with Crippen LogP contribution in [-0.2, 0) is 6.61 Å². The number of benzene rings is 2. The third-order valence-electron chi connectivity index (χ3n) is 3.13. The molecule has 20 heavy (non-hydrogen) atoms. The minimum absolute atomic E-state index is 0.0552. The van der Waals surface area contributed by atoms with Crippen molar-refractivity contribution in [2.75, 3.05) is 11.4 Å². The Morgan fingerprint density at radius 3 is 2.40 bits per heavy atom. The second-order valence-electron chi connectivity index (χ2n) is 4.31. The van der Waals surface area contributed by atoms with Crippen LogP contribution < -0.4 is 4.90 Å². The van der Waals surface area contributed by atoms with Crippen molar-refractivity contribution in [3.8, 4) is 0 Å². The monoisotopic (exact) mass is 272 g/mol. The van der Waals surface area contributed by atoms with E-state index in [0.29, 0.717) is 5.56 Å². The summed E-state index contributed by atoms with van der Waals surface area (Å²) >= 11 is 0. The summed E-state index contributed by atoms with van der Waals surface area (Å²) in [7, 11) is 0. The van der Waals surface area contributed by atoms with Gasteiger partial charge in [-0.1, -0.05) is 18.2 Å². The molecule has 0 radical (unpaired) electrons. The summed E-state index contributed by atoms with van der Waals surface area (Å²) in [6.07, 6.45) is 0. The van der Waals surface area contributed by atoms with Crippen molar-refractivity contribution in [3.63, 3.8) is 0 Å². The number of nitro benzene ring substituents is 1. The average Bonchev–Trinajstić information content (AvgIpc) is 2.48. The molecule has 0 amide bonds. The molecule has 0 fully saturated rings. The maximum absolute atomic E-state index is 10.9. The Balaban J connectivity index is 2.43. The molecule has 0 saturated heterocycles. The van der Waals surface area contributed by atoms with Crippen LogP contribution in [0.25, 0.3) is 0 Å². The van der Waals surface area contributed by atoms with Crippen LogP contribution in [0.4, 0.5) is 17.1 Å². The molecule has 0 unspecified atom stereocenters. The van der Waals surface area contributed by atoms with Crippen LogP contribution in [0, 0.1) is 10.1 Å². The molecule has 1 N–H and O–H groups in total. The highest BCUT2D eigenvalue weighted by molar-refractivity contribution is 5.65. The molecule has 2 aromatic rings. The molecule has 104 valence electrons. The molecule has 2 aromatic carbocycles. The van der Waals surface area contributed by atoms with Crippen molar-refractivity contribution in [1.29, 1.82) is 0 Å². The average molecular weight is 272 g/mol. The molecule has 0 aromatic heterocycles. The first-order chi connectivity index (χ1) is 9.67. The van der Waals surface area contributed by atoms with Crippen molar-refractivity contribution in [2.24, 2.45) is 0 Å². The lowest BCUT2D eigenvalue weighted by Crippen LogP contribution is -2.16. The van der Waals surface area contributed by atoms with Gasteiger partial charge >= 0.3 is 0 Å². The Kier molecular flexibility index (Phi) is 4.32. The molecular formula is C15H16N2O3. The van der Waals surface area contributed by atoms with Crippen LogP contribution in [0.5, 0.6) is 0 Å². The van der Waals surface area contributed by atoms with Crippen molar-refractivity contribution < 1.29 is 10.0 Å². The van der Waals surface area contributed by atoms with Crippen molar-refractivity contribution in [1.82, 2.24) is 0 Å². The molecule has 0 spiro atoms. The normalized spacial score (nSPS) is 10.3. The molecule has 2 rings (SSSR count). The van der Waals surface area contributed by atoms with Crippen LogP contribution in [0.3, 0.4) is 0 Å². The first kappa shape index (κ1) is 14.0. The molecule has 0 aliphatic rings. The number of hydrogen-bond donors (Lipinski definition) is 1. The number of aliphatic hydroxyl groups excluding tert-OH is 1.